The number of sulfonamides is 1. The first kappa shape index (κ1) is 17.9. The molecule has 2 heterocycles. The maximum Gasteiger partial charge on any atom is 0.263 e. The number of aliphatic imine (C=N–C) groups is 1. The van der Waals surface area contributed by atoms with Gasteiger partial charge in [0.1, 0.15) is 11.9 Å². The number of carbonyl (C=O) groups is 1. The van der Waals surface area contributed by atoms with Crippen LogP contribution >= 0.6 is 0 Å². The molecule has 2 aliphatic rings. The minimum Gasteiger partial charge on any atom is -0.341 e. The quantitative estimate of drug-likeness (QED) is 0.823. The van der Waals surface area contributed by atoms with Crippen LogP contribution in [0, 0.1) is 5.92 Å². The summed E-state index contributed by atoms with van der Waals surface area (Å²) in [7, 11) is -3.59. The van der Waals surface area contributed by atoms with Gasteiger partial charge in [-0.2, -0.15) is 0 Å². The summed E-state index contributed by atoms with van der Waals surface area (Å²) in [6, 6.07) is 6.03. The first-order chi connectivity index (χ1) is 11.8. The molecule has 3 atom stereocenters. The minimum atomic E-state index is -3.59. The lowest BCUT2D eigenvalue weighted by atomic mass is 9.92. The summed E-state index contributed by atoms with van der Waals surface area (Å²) < 4.78 is 26.7. The van der Waals surface area contributed by atoms with Gasteiger partial charge in [0.25, 0.3) is 10.0 Å². The van der Waals surface area contributed by atoms with Crippen molar-refractivity contribution < 1.29 is 13.2 Å². The van der Waals surface area contributed by atoms with Gasteiger partial charge in [-0.25, -0.2) is 8.42 Å². The first-order valence-electron chi connectivity index (χ1n) is 8.54. The van der Waals surface area contributed by atoms with E-state index in [1.54, 1.807) is 30.0 Å². The highest BCUT2D eigenvalue weighted by Crippen LogP contribution is 2.23. The SMILES string of the molecule is CC(N=C1NS(=O)(=O)c2ccccc21)C(=O)N1CCCC(C(C)N)C1. The number of hydrogen-bond donors (Lipinski definition) is 2. The van der Waals surface area contributed by atoms with E-state index in [0.29, 0.717) is 24.6 Å². The highest BCUT2D eigenvalue weighted by molar-refractivity contribution is 7.90. The Balaban J connectivity index is 1.79. The summed E-state index contributed by atoms with van der Waals surface area (Å²) in [4.78, 5) is 19.1. The zero-order valence-electron chi connectivity index (χ0n) is 14.5. The molecule has 1 amide bonds. The number of benzene rings is 1. The lowest BCUT2D eigenvalue weighted by molar-refractivity contribution is -0.134. The molecule has 0 aromatic heterocycles. The normalized spacial score (nSPS) is 26.0. The van der Waals surface area contributed by atoms with E-state index in [-0.39, 0.29) is 22.7 Å². The largest absolute Gasteiger partial charge is 0.341 e. The van der Waals surface area contributed by atoms with Gasteiger partial charge < -0.3 is 10.6 Å². The minimum absolute atomic E-state index is 0.0470. The molecule has 0 aliphatic carbocycles. The van der Waals surface area contributed by atoms with E-state index < -0.39 is 16.1 Å². The van der Waals surface area contributed by atoms with Gasteiger partial charge in [0, 0.05) is 24.7 Å². The van der Waals surface area contributed by atoms with Gasteiger partial charge in [-0.05, 0) is 44.7 Å². The molecule has 1 saturated heterocycles. The molecule has 0 spiro atoms. The van der Waals surface area contributed by atoms with Gasteiger partial charge in [0.2, 0.25) is 5.91 Å². The lowest BCUT2D eigenvalue weighted by Gasteiger charge is -2.35. The van der Waals surface area contributed by atoms with Crippen molar-refractivity contribution in [3.8, 4) is 0 Å². The fourth-order valence-electron chi connectivity index (χ4n) is 3.38. The standard InChI is InChI=1S/C17H24N4O3S/c1-11(18)13-6-5-9-21(10-13)17(22)12(2)19-16-14-7-3-4-8-15(14)25(23,24)20-16/h3-4,7-8,11-13H,5-6,9-10,18H2,1-2H3,(H,19,20). The smallest absolute Gasteiger partial charge is 0.263 e. The number of likely N-dealkylation sites (tertiary alicyclic amines) is 1. The molecule has 3 N–H and O–H groups in total. The van der Waals surface area contributed by atoms with Crippen LogP contribution in [0.1, 0.15) is 32.3 Å². The fourth-order valence-corrected chi connectivity index (χ4v) is 4.62. The van der Waals surface area contributed by atoms with Gasteiger partial charge in [0.05, 0.1) is 4.90 Å². The van der Waals surface area contributed by atoms with Gasteiger partial charge in [-0.1, -0.05) is 12.1 Å². The molecule has 1 aromatic rings. The zero-order valence-corrected chi connectivity index (χ0v) is 15.3. The van der Waals surface area contributed by atoms with Crippen LogP contribution in [0.15, 0.2) is 34.2 Å². The molecule has 7 nitrogen and oxygen atoms in total. The van der Waals surface area contributed by atoms with Gasteiger partial charge in [-0.3, -0.25) is 14.5 Å². The predicted molar refractivity (Wildman–Crippen MR) is 95.7 cm³/mol. The average molecular weight is 364 g/mol. The summed E-state index contributed by atoms with van der Waals surface area (Å²) in [6.45, 7) is 4.99. The zero-order chi connectivity index (χ0) is 18.2. The fraction of sp³-hybridized carbons (Fsp3) is 0.529. The second-order valence-electron chi connectivity index (χ2n) is 6.80. The maximum absolute atomic E-state index is 12.7. The van der Waals surface area contributed by atoms with Gasteiger partial charge >= 0.3 is 0 Å². The number of amides is 1. The molecule has 0 bridgehead atoms. The number of fused-ring (bicyclic) bond motifs is 1. The number of carbonyl (C=O) groups excluding carboxylic acids is 1. The third-order valence-corrected chi connectivity index (χ3v) is 6.25. The van der Waals surface area contributed by atoms with Crippen molar-refractivity contribution in [2.45, 2.75) is 43.7 Å². The van der Waals surface area contributed by atoms with E-state index in [4.69, 9.17) is 5.73 Å². The number of nitrogens with zero attached hydrogens (tertiary/aromatic N) is 2. The Morgan fingerprint density at radius 1 is 1.36 bits per heavy atom. The molecule has 3 unspecified atom stereocenters. The molecule has 3 rings (SSSR count). The average Bonchev–Trinajstić information content (AvgIpc) is 2.85. The molecule has 1 aromatic carbocycles. The van der Waals surface area contributed by atoms with Crippen molar-refractivity contribution in [2.24, 2.45) is 16.6 Å². The molecule has 136 valence electrons. The van der Waals surface area contributed by atoms with Gasteiger partial charge in [0.15, 0.2) is 0 Å². The Morgan fingerprint density at radius 2 is 2.08 bits per heavy atom. The van der Waals surface area contributed by atoms with Crippen LogP contribution in [-0.2, 0) is 14.8 Å². The molecule has 0 radical (unpaired) electrons. The summed E-state index contributed by atoms with van der Waals surface area (Å²) >= 11 is 0. The van der Waals surface area contributed by atoms with Crippen molar-refractivity contribution in [1.82, 2.24) is 9.62 Å². The maximum atomic E-state index is 12.7. The summed E-state index contributed by atoms with van der Waals surface area (Å²) in [6.07, 6.45) is 1.95. The van der Waals surface area contributed by atoms with E-state index in [1.165, 1.54) is 6.07 Å². The van der Waals surface area contributed by atoms with E-state index >= 15 is 0 Å². The second kappa shape index (κ2) is 6.76. The summed E-state index contributed by atoms with van der Waals surface area (Å²) in [5, 5.41) is 0. The van der Waals surface area contributed by atoms with Crippen molar-refractivity contribution in [1.29, 1.82) is 0 Å². The lowest BCUT2D eigenvalue weighted by Crippen LogP contribution is -2.47. The number of rotatable bonds is 3. The molecule has 1 fully saturated rings. The highest BCUT2D eigenvalue weighted by Gasteiger charge is 2.33. The Hall–Kier alpha value is -1.93. The molecule has 8 heteroatoms. The van der Waals surface area contributed by atoms with Crippen LogP contribution in [-0.4, -0.2) is 50.2 Å². The van der Waals surface area contributed by atoms with Crippen molar-refractivity contribution in [2.75, 3.05) is 13.1 Å². The molecular weight excluding hydrogens is 340 g/mol. The van der Waals surface area contributed by atoms with Crippen LogP contribution in [0.5, 0.6) is 0 Å². The Labute approximate surface area is 148 Å². The Kier molecular flexibility index (Phi) is 4.83. The third kappa shape index (κ3) is 3.55. The van der Waals surface area contributed by atoms with E-state index in [0.717, 1.165) is 12.8 Å². The van der Waals surface area contributed by atoms with Crippen LogP contribution in [0.4, 0.5) is 0 Å². The van der Waals surface area contributed by atoms with E-state index in [2.05, 4.69) is 9.71 Å². The molecule has 2 aliphatic heterocycles. The topological polar surface area (TPSA) is 105 Å². The number of nitrogens with one attached hydrogen (secondary N) is 1. The van der Waals surface area contributed by atoms with Crippen LogP contribution in [0.25, 0.3) is 0 Å². The van der Waals surface area contributed by atoms with Crippen molar-refractivity contribution in [3.63, 3.8) is 0 Å². The predicted octanol–water partition coefficient (Wildman–Crippen LogP) is 0.699. The number of hydrogen-bond acceptors (Lipinski definition) is 5. The first-order valence-corrected chi connectivity index (χ1v) is 10.0. The monoisotopic (exact) mass is 364 g/mol. The van der Waals surface area contributed by atoms with Crippen LogP contribution < -0.4 is 10.5 Å². The van der Waals surface area contributed by atoms with Gasteiger partial charge in [-0.15, -0.1) is 0 Å². The second-order valence-corrected chi connectivity index (χ2v) is 8.45. The highest BCUT2D eigenvalue weighted by atomic mass is 32.2. The summed E-state index contributed by atoms with van der Waals surface area (Å²) in [5.74, 6) is 0.432. The van der Waals surface area contributed by atoms with Crippen molar-refractivity contribution in [3.05, 3.63) is 29.8 Å². The number of nitrogens with two attached hydrogens (primary N) is 1. The Morgan fingerprint density at radius 3 is 2.80 bits per heavy atom. The van der Waals surface area contributed by atoms with Crippen molar-refractivity contribution >= 4 is 21.8 Å². The summed E-state index contributed by atoms with van der Waals surface area (Å²) in [5.41, 5.74) is 6.49. The van der Waals surface area contributed by atoms with E-state index in [9.17, 15) is 13.2 Å². The molecule has 0 saturated carbocycles. The Bertz CT molecular complexity index is 804. The molecule has 25 heavy (non-hydrogen) atoms. The number of piperidine rings is 1. The molecular formula is C17H24N4O3S. The third-order valence-electron chi connectivity index (χ3n) is 4.86. The van der Waals surface area contributed by atoms with Crippen LogP contribution in [0.3, 0.4) is 0 Å². The number of amidine groups is 1. The van der Waals surface area contributed by atoms with E-state index in [1.807, 2.05) is 6.92 Å². The van der Waals surface area contributed by atoms with Crippen LogP contribution in [0.2, 0.25) is 0 Å².